The first-order valence-electron chi connectivity index (χ1n) is 3.23. The van der Waals surface area contributed by atoms with Crippen molar-refractivity contribution in [3.63, 3.8) is 0 Å². The van der Waals surface area contributed by atoms with Crippen LogP contribution in [0.25, 0.3) is 0 Å². The molecule has 10 heavy (non-hydrogen) atoms. The normalized spacial score (nSPS) is 16.2. The first-order chi connectivity index (χ1) is 4.62. The number of hydrogen-bond donors (Lipinski definition) is 1. The summed E-state index contributed by atoms with van der Waals surface area (Å²) in [6, 6.07) is 0. The van der Waals surface area contributed by atoms with E-state index in [1.165, 1.54) is 0 Å². The Morgan fingerprint density at radius 2 is 2.40 bits per heavy atom. The largest absolute Gasteiger partial charge is 0.351 e. The third-order valence-corrected chi connectivity index (χ3v) is 2.02. The molecule has 0 rings (SSSR count). The lowest BCUT2D eigenvalue weighted by atomic mass is 10.4. The Kier molecular flexibility index (Phi) is 4.62. The molecule has 0 saturated heterocycles. The molecule has 0 aliphatic heterocycles. The number of hydrogen-bond acceptors (Lipinski definition) is 2. The van der Waals surface area contributed by atoms with Crippen molar-refractivity contribution < 1.29 is 14.0 Å². The Morgan fingerprint density at radius 3 is 2.80 bits per heavy atom. The fourth-order valence-corrected chi connectivity index (χ4v) is 0.888. The van der Waals surface area contributed by atoms with Gasteiger partial charge in [0, 0.05) is 5.82 Å². The fourth-order valence-electron chi connectivity index (χ4n) is 0.392. The maximum Gasteiger partial charge on any atom is 0.351 e. The molecule has 0 spiro atoms. The Hall–Kier alpha value is -0.110. The van der Waals surface area contributed by atoms with Crippen molar-refractivity contribution in [3.8, 4) is 0 Å². The van der Waals surface area contributed by atoms with Crippen LogP contribution < -0.4 is 0 Å². The number of unbranched alkanes of at least 4 members (excludes halogenated alkanes) is 1. The van der Waals surface area contributed by atoms with Crippen LogP contribution >= 0.6 is 7.60 Å². The van der Waals surface area contributed by atoms with Crippen LogP contribution in [0.2, 0.25) is 0 Å². The van der Waals surface area contributed by atoms with Crippen molar-refractivity contribution in [2.45, 2.75) is 19.8 Å². The molecule has 0 fully saturated rings. The maximum atomic E-state index is 10.7. The van der Waals surface area contributed by atoms with E-state index in [2.05, 4.69) is 11.1 Å². The molecule has 4 heteroatoms. The molecule has 0 bridgehead atoms. The van der Waals surface area contributed by atoms with Gasteiger partial charge in [-0.3, -0.25) is 4.57 Å². The van der Waals surface area contributed by atoms with E-state index in [1.54, 1.807) is 0 Å². The van der Waals surface area contributed by atoms with Gasteiger partial charge in [-0.2, -0.15) is 0 Å². The van der Waals surface area contributed by atoms with E-state index in [0.29, 0.717) is 6.61 Å². The molecule has 0 aromatic heterocycles. The van der Waals surface area contributed by atoms with Crippen molar-refractivity contribution in [2.24, 2.45) is 0 Å². The molecule has 0 heterocycles. The van der Waals surface area contributed by atoms with Gasteiger partial charge in [0.25, 0.3) is 0 Å². The van der Waals surface area contributed by atoms with E-state index >= 15 is 0 Å². The van der Waals surface area contributed by atoms with Crippen molar-refractivity contribution in [1.29, 1.82) is 0 Å². The Labute approximate surface area is 61.2 Å². The van der Waals surface area contributed by atoms with Crippen LogP contribution in [0, 0.1) is 0 Å². The molecule has 1 unspecified atom stereocenters. The van der Waals surface area contributed by atoms with Gasteiger partial charge in [0.05, 0.1) is 6.61 Å². The topological polar surface area (TPSA) is 46.5 Å². The van der Waals surface area contributed by atoms with Crippen molar-refractivity contribution in [2.75, 3.05) is 6.61 Å². The second-order valence-electron chi connectivity index (χ2n) is 1.93. The fraction of sp³-hybridized carbons (Fsp3) is 0.667. The summed E-state index contributed by atoms with van der Waals surface area (Å²) in [5.74, 6) is 0.947. The SMILES string of the molecule is C=CP(=O)(O)OCCCC. The van der Waals surface area contributed by atoms with Gasteiger partial charge in [-0.25, -0.2) is 0 Å². The second kappa shape index (κ2) is 4.67. The van der Waals surface area contributed by atoms with E-state index in [0.717, 1.165) is 18.7 Å². The maximum absolute atomic E-state index is 10.7. The van der Waals surface area contributed by atoms with Crippen molar-refractivity contribution >= 4 is 7.60 Å². The summed E-state index contributed by atoms with van der Waals surface area (Å²) in [5, 5.41) is 0. The van der Waals surface area contributed by atoms with Crippen molar-refractivity contribution in [3.05, 3.63) is 12.4 Å². The quantitative estimate of drug-likeness (QED) is 0.500. The van der Waals surface area contributed by atoms with Crippen LogP contribution in [0.5, 0.6) is 0 Å². The predicted octanol–water partition coefficient (Wildman–Crippen LogP) is 2.13. The molecule has 0 radical (unpaired) electrons. The van der Waals surface area contributed by atoms with Gasteiger partial charge in [-0.05, 0) is 6.42 Å². The molecule has 0 aliphatic carbocycles. The summed E-state index contributed by atoms with van der Waals surface area (Å²) < 4.78 is 15.3. The van der Waals surface area contributed by atoms with Gasteiger partial charge in [0.15, 0.2) is 0 Å². The molecule has 0 saturated carbocycles. The molecule has 0 aromatic rings. The van der Waals surface area contributed by atoms with E-state index < -0.39 is 7.60 Å². The molecule has 0 aromatic carbocycles. The Morgan fingerprint density at radius 1 is 1.80 bits per heavy atom. The van der Waals surface area contributed by atoms with Crippen LogP contribution in [0.4, 0.5) is 0 Å². The minimum Gasteiger partial charge on any atom is -0.321 e. The van der Waals surface area contributed by atoms with Gasteiger partial charge in [0.2, 0.25) is 0 Å². The highest BCUT2D eigenvalue weighted by Gasteiger charge is 2.11. The summed E-state index contributed by atoms with van der Waals surface area (Å²) in [7, 11) is -3.44. The van der Waals surface area contributed by atoms with Gasteiger partial charge in [-0.15, -0.1) is 0 Å². The minimum absolute atomic E-state index is 0.330. The molecule has 1 N–H and O–H groups in total. The van der Waals surface area contributed by atoms with Gasteiger partial charge in [0.1, 0.15) is 0 Å². The van der Waals surface area contributed by atoms with Crippen molar-refractivity contribution in [1.82, 2.24) is 0 Å². The van der Waals surface area contributed by atoms with Crippen LogP contribution in [-0.2, 0) is 9.09 Å². The molecular weight excluding hydrogens is 151 g/mol. The molecule has 60 valence electrons. The highest BCUT2D eigenvalue weighted by molar-refractivity contribution is 7.56. The van der Waals surface area contributed by atoms with E-state index in [9.17, 15) is 4.57 Å². The van der Waals surface area contributed by atoms with Gasteiger partial charge >= 0.3 is 7.60 Å². The molecule has 0 aliphatic rings. The van der Waals surface area contributed by atoms with Gasteiger partial charge in [-0.1, -0.05) is 19.9 Å². The zero-order valence-corrected chi connectivity index (χ0v) is 7.01. The molecule has 0 amide bonds. The lowest BCUT2D eigenvalue weighted by molar-refractivity contribution is 0.263. The van der Waals surface area contributed by atoms with Crippen LogP contribution in [0.1, 0.15) is 19.8 Å². The monoisotopic (exact) mass is 164 g/mol. The smallest absolute Gasteiger partial charge is 0.321 e. The molecule has 3 nitrogen and oxygen atoms in total. The summed E-state index contributed by atoms with van der Waals surface area (Å²) in [4.78, 5) is 8.77. The lowest BCUT2D eigenvalue weighted by Crippen LogP contribution is -1.89. The van der Waals surface area contributed by atoms with Gasteiger partial charge < -0.3 is 9.42 Å². The Balaban J connectivity index is 3.47. The summed E-state index contributed by atoms with van der Waals surface area (Å²) in [6.45, 7) is 5.49. The summed E-state index contributed by atoms with van der Waals surface area (Å²) in [5.41, 5.74) is 0. The molecule has 1 atom stereocenters. The summed E-state index contributed by atoms with van der Waals surface area (Å²) in [6.07, 6.45) is 1.76. The van der Waals surface area contributed by atoms with Crippen LogP contribution in [-0.4, -0.2) is 11.5 Å². The zero-order valence-electron chi connectivity index (χ0n) is 6.12. The van der Waals surface area contributed by atoms with Crippen LogP contribution in [0.3, 0.4) is 0 Å². The zero-order chi connectivity index (χ0) is 8.04. The van der Waals surface area contributed by atoms with E-state index in [-0.39, 0.29) is 0 Å². The highest BCUT2D eigenvalue weighted by atomic mass is 31.2. The van der Waals surface area contributed by atoms with E-state index in [1.807, 2.05) is 6.92 Å². The second-order valence-corrected chi connectivity index (χ2v) is 3.69. The molecular formula is C6H13O3P. The van der Waals surface area contributed by atoms with Crippen LogP contribution in [0.15, 0.2) is 12.4 Å². The average molecular weight is 164 g/mol. The minimum atomic E-state index is -3.44. The first kappa shape index (κ1) is 9.89. The summed E-state index contributed by atoms with van der Waals surface area (Å²) >= 11 is 0. The third kappa shape index (κ3) is 4.74. The standard InChI is InChI=1S/C6H13O3P/c1-3-5-6-9-10(7,8)4-2/h4H,2-3,5-6H2,1H3,(H,7,8). The highest BCUT2D eigenvalue weighted by Crippen LogP contribution is 2.42. The predicted molar refractivity (Wildman–Crippen MR) is 40.9 cm³/mol. The third-order valence-electron chi connectivity index (χ3n) is 1.00. The van der Waals surface area contributed by atoms with E-state index in [4.69, 9.17) is 4.89 Å². The lowest BCUT2D eigenvalue weighted by Gasteiger charge is -2.05. The Bertz CT molecular complexity index is 144. The average Bonchev–Trinajstić information content (AvgIpc) is 1.89. The first-order valence-corrected chi connectivity index (χ1v) is 4.87. The number of rotatable bonds is 5.